The molecule has 1 amide bonds. The second kappa shape index (κ2) is 7.09. The number of nitrogens with zero attached hydrogens (tertiary/aromatic N) is 1. The lowest BCUT2D eigenvalue weighted by atomic mass is 9.92. The summed E-state index contributed by atoms with van der Waals surface area (Å²) in [5, 5.41) is 0.630. The lowest BCUT2D eigenvalue weighted by Gasteiger charge is -2.32. The number of hydrogen-bond donors (Lipinski definition) is 1. The van der Waals surface area contributed by atoms with E-state index in [2.05, 4.69) is 20.8 Å². The molecular formula is C16H25ClN2O. The largest absolute Gasteiger partial charge is 0.338 e. The standard InChI is InChI=1S/C16H25ClN2O/c1-5-9-19(11-16(3,4)10-18)15(20)13-7-6-8-14(17)12(13)2/h6-8H,5,9-11,18H2,1-4H3. The molecule has 0 saturated carbocycles. The molecule has 20 heavy (non-hydrogen) atoms. The van der Waals surface area contributed by atoms with Crippen molar-refractivity contribution in [3.8, 4) is 0 Å². The molecule has 0 heterocycles. The maximum absolute atomic E-state index is 12.7. The normalized spacial score (nSPS) is 11.5. The van der Waals surface area contributed by atoms with Crippen molar-refractivity contribution in [2.24, 2.45) is 11.1 Å². The molecule has 0 spiro atoms. The zero-order valence-electron chi connectivity index (χ0n) is 12.9. The summed E-state index contributed by atoms with van der Waals surface area (Å²) in [5.74, 6) is 0.0355. The van der Waals surface area contributed by atoms with Crippen molar-refractivity contribution >= 4 is 17.5 Å². The Kier molecular flexibility index (Phi) is 6.03. The van der Waals surface area contributed by atoms with Gasteiger partial charge in [-0.25, -0.2) is 0 Å². The molecule has 0 fully saturated rings. The van der Waals surface area contributed by atoms with Crippen molar-refractivity contribution < 1.29 is 4.79 Å². The van der Waals surface area contributed by atoms with Crippen molar-refractivity contribution in [1.82, 2.24) is 4.90 Å². The first-order valence-electron chi connectivity index (χ1n) is 7.07. The average Bonchev–Trinajstić information content (AvgIpc) is 2.40. The van der Waals surface area contributed by atoms with Gasteiger partial charge in [-0.15, -0.1) is 0 Å². The first-order valence-corrected chi connectivity index (χ1v) is 7.44. The van der Waals surface area contributed by atoms with E-state index in [1.165, 1.54) is 0 Å². The number of benzene rings is 1. The molecule has 1 aromatic carbocycles. The third-order valence-corrected chi connectivity index (χ3v) is 3.86. The lowest BCUT2D eigenvalue weighted by molar-refractivity contribution is 0.0689. The van der Waals surface area contributed by atoms with Crippen LogP contribution in [0.1, 0.15) is 43.1 Å². The molecule has 1 aromatic rings. The number of hydrogen-bond acceptors (Lipinski definition) is 2. The molecule has 0 saturated heterocycles. The minimum absolute atomic E-state index is 0.0355. The Morgan fingerprint density at radius 3 is 2.60 bits per heavy atom. The SMILES string of the molecule is CCCN(CC(C)(C)CN)C(=O)c1cccc(Cl)c1C. The van der Waals surface area contributed by atoms with E-state index < -0.39 is 0 Å². The second-order valence-electron chi connectivity index (χ2n) is 6.01. The summed E-state index contributed by atoms with van der Waals surface area (Å²) in [6, 6.07) is 5.46. The molecule has 0 bridgehead atoms. The zero-order valence-corrected chi connectivity index (χ0v) is 13.6. The highest BCUT2D eigenvalue weighted by Crippen LogP contribution is 2.22. The average molecular weight is 297 g/mol. The summed E-state index contributed by atoms with van der Waals surface area (Å²) in [7, 11) is 0. The van der Waals surface area contributed by atoms with E-state index in [4.69, 9.17) is 17.3 Å². The Labute approximate surface area is 127 Å². The Morgan fingerprint density at radius 2 is 2.05 bits per heavy atom. The van der Waals surface area contributed by atoms with E-state index >= 15 is 0 Å². The third kappa shape index (κ3) is 4.22. The highest BCUT2D eigenvalue weighted by Gasteiger charge is 2.25. The summed E-state index contributed by atoms with van der Waals surface area (Å²) < 4.78 is 0. The molecule has 1 rings (SSSR count). The summed E-state index contributed by atoms with van der Waals surface area (Å²) >= 11 is 6.11. The number of rotatable bonds is 6. The van der Waals surface area contributed by atoms with Gasteiger partial charge in [-0.3, -0.25) is 4.79 Å². The Balaban J connectivity index is 3.02. The summed E-state index contributed by atoms with van der Waals surface area (Å²) in [6.07, 6.45) is 0.923. The van der Waals surface area contributed by atoms with Crippen molar-refractivity contribution in [3.63, 3.8) is 0 Å². The molecule has 0 radical (unpaired) electrons. The maximum atomic E-state index is 12.7. The topological polar surface area (TPSA) is 46.3 Å². The quantitative estimate of drug-likeness (QED) is 0.873. The van der Waals surface area contributed by atoms with Crippen LogP contribution in [0.5, 0.6) is 0 Å². The smallest absolute Gasteiger partial charge is 0.254 e. The van der Waals surface area contributed by atoms with E-state index in [9.17, 15) is 4.79 Å². The molecule has 0 aliphatic carbocycles. The Bertz CT molecular complexity index is 472. The third-order valence-electron chi connectivity index (χ3n) is 3.45. The molecule has 112 valence electrons. The van der Waals surface area contributed by atoms with E-state index in [1.807, 2.05) is 30.0 Å². The van der Waals surface area contributed by atoms with Crippen molar-refractivity contribution in [2.75, 3.05) is 19.6 Å². The maximum Gasteiger partial charge on any atom is 0.254 e. The predicted molar refractivity (Wildman–Crippen MR) is 85.2 cm³/mol. The van der Waals surface area contributed by atoms with Crippen LogP contribution in [-0.2, 0) is 0 Å². The highest BCUT2D eigenvalue weighted by atomic mass is 35.5. The first-order chi connectivity index (χ1) is 9.32. The van der Waals surface area contributed by atoms with E-state index in [0.717, 1.165) is 18.5 Å². The fourth-order valence-corrected chi connectivity index (χ4v) is 2.29. The van der Waals surface area contributed by atoms with Gasteiger partial charge in [-0.05, 0) is 43.0 Å². The van der Waals surface area contributed by atoms with Crippen LogP contribution in [0.25, 0.3) is 0 Å². The molecule has 0 unspecified atom stereocenters. The summed E-state index contributed by atoms with van der Waals surface area (Å²) in [4.78, 5) is 14.6. The monoisotopic (exact) mass is 296 g/mol. The lowest BCUT2D eigenvalue weighted by Crippen LogP contribution is -2.42. The van der Waals surface area contributed by atoms with E-state index in [0.29, 0.717) is 23.7 Å². The highest BCUT2D eigenvalue weighted by molar-refractivity contribution is 6.31. The minimum atomic E-state index is -0.0860. The first kappa shape index (κ1) is 17.0. The van der Waals surface area contributed by atoms with Crippen molar-refractivity contribution in [3.05, 3.63) is 34.3 Å². The van der Waals surface area contributed by atoms with E-state index in [-0.39, 0.29) is 11.3 Å². The number of amides is 1. The van der Waals surface area contributed by atoms with Crippen LogP contribution in [0.2, 0.25) is 5.02 Å². The molecule has 0 aliphatic heterocycles. The van der Waals surface area contributed by atoms with Gasteiger partial charge in [0.1, 0.15) is 0 Å². The van der Waals surface area contributed by atoms with Gasteiger partial charge in [0.25, 0.3) is 5.91 Å². The zero-order chi connectivity index (χ0) is 15.3. The van der Waals surface area contributed by atoms with Gasteiger partial charge in [0.15, 0.2) is 0 Å². The molecule has 0 aromatic heterocycles. The molecule has 3 nitrogen and oxygen atoms in total. The molecular weight excluding hydrogens is 272 g/mol. The van der Waals surface area contributed by atoms with Crippen LogP contribution < -0.4 is 5.73 Å². The van der Waals surface area contributed by atoms with Crippen LogP contribution >= 0.6 is 11.6 Å². The fraction of sp³-hybridized carbons (Fsp3) is 0.562. The minimum Gasteiger partial charge on any atom is -0.338 e. The fourth-order valence-electron chi connectivity index (χ4n) is 2.11. The van der Waals surface area contributed by atoms with Crippen LogP contribution in [0, 0.1) is 12.3 Å². The van der Waals surface area contributed by atoms with Crippen LogP contribution in [0.15, 0.2) is 18.2 Å². The second-order valence-corrected chi connectivity index (χ2v) is 6.41. The number of carbonyl (C=O) groups excluding carboxylic acids is 1. The van der Waals surface area contributed by atoms with Gasteiger partial charge in [-0.1, -0.05) is 38.4 Å². The van der Waals surface area contributed by atoms with Gasteiger partial charge in [-0.2, -0.15) is 0 Å². The summed E-state index contributed by atoms with van der Waals surface area (Å²) in [5.41, 5.74) is 7.22. The van der Waals surface area contributed by atoms with Crippen molar-refractivity contribution in [1.29, 1.82) is 0 Å². The Morgan fingerprint density at radius 1 is 1.40 bits per heavy atom. The summed E-state index contributed by atoms with van der Waals surface area (Å²) in [6.45, 7) is 10.0. The molecule has 0 aliphatic rings. The molecule has 0 atom stereocenters. The van der Waals surface area contributed by atoms with Gasteiger partial charge in [0, 0.05) is 23.7 Å². The van der Waals surface area contributed by atoms with Crippen LogP contribution in [0.3, 0.4) is 0 Å². The number of nitrogens with two attached hydrogens (primary N) is 1. The van der Waals surface area contributed by atoms with E-state index in [1.54, 1.807) is 0 Å². The van der Waals surface area contributed by atoms with Gasteiger partial charge in [0.05, 0.1) is 0 Å². The predicted octanol–water partition coefficient (Wildman–Crippen LogP) is 3.49. The van der Waals surface area contributed by atoms with Crippen LogP contribution in [-0.4, -0.2) is 30.4 Å². The van der Waals surface area contributed by atoms with Crippen molar-refractivity contribution in [2.45, 2.75) is 34.1 Å². The number of halogens is 1. The molecule has 4 heteroatoms. The molecule has 2 N–H and O–H groups in total. The Hall–Kier alpha value is -1.06. The van der Waals surface area contributed by atoms with Gasteiger partial charge in [0.2, 0.25) is 0 Å². The van der Waals surface area contributed by atoms with Crippen LogP contribution in [0.4, 0.5) is 0 Å². The van der Waals surface area contributed by atoms with Gasteiger partial charge >= 0.3 is 0 Å². The van der Waals surface area contributed by atoms with Gasteiger partial charge < -0.3 is 10.6 Å². The number of carbonyl (C=O) groups is 1.